The highest BCUT2D eigenvalue weighted by Gasteiger charge is 2.15. The van der Waals surface area contributed by atoms with E-state index in [4.69, 9.17) is 0 Å². The van der Waals surface area contributed by atoms with Gasteiger partial charge < -0.3 is 10.6 Å². The number of halogens is 2. The lowest BCUT2D eigenvalue weighted by Crippen LogP contribution is -2.46. The molecule has 1 atom stereocenters. The average Bonchev–Trinajstić information content (AvgIpc) is 2.33. The van der Waals surface area contributed by atoms with Gasteiger partial charge in [-0.05, 0) is 37.9 Å². The molecule has 1 aliphatic heterocycles. The van der Waals surface area contributed by atoms with Crippen LogP contribution in [0.3, 0.4) is 0 Å². The lowest BCUT2D eigenvalue weighted by atomic mass is 10.1. The highest BCUT2D eigenvalue weighted by molar-refractivity contribution is 5.85. The average molecular weight is 306 g/mol. The molecule has 1 aromatic rings. The van der Waals surface area contributed by atoms with Crippen molar-refractivity contribution in [3.8, 4) is 0 Å². The number of carbonyl (C=O) groups excluding carboxylic acids is 1. The van der Waals surface area contributed by atoms with E-state index in [9.17, 15) is 4.79 Å². The van der Waals surface area contributed by atoms with Crippen LogP contribution >= 0.6 is 24.8 Å². The smallest absolute Gasteiger partial charge is 0.224 e. The summed E-state index contributed by atoms with van der Waals surface area (Å²) < 4.78 is 0. The minimum Gasteiger partial charge on any atom is -0.352 e. The summed E-state index contributed by atoms with van der Waals surface area (Å²) in [4.78, 5) is 16.0. The van der Waals surface area contributed by atoms with Crippen LogP contribution in [0.4, 0.5) is 0 Å². The molecule has 1 amide bonds. The van der Waals surface area contributed by atoms with Crippen LogP contribution in [0.25, 0.3) is 0 Å². The van der Waals surface area contributed by atoms with E-state index in [-0.39, 0.29) is 36.8 Å². The number of piperidine rings is 1. The maximum Gasteiger partial charge on any atom is 0.224 e. The van der Waals surface area contributed by atoms with Gasteiger partial charge in [-0.25, -0.2) is 0 Å². The number of nitrogens with one attached hydrogen (secondary N) is 2. The molecule has 19 heavy (non-hydrogen) atoms. The van der Waals surface area contributed by atoms with E-state index in [1.807, 2.05) is 19.1 Å². The molecule has 1 aromatic heterocycles. The summed E-state index contributed by atoms with van der Waals surface area (Å²) in [5.41, 5.74) is 1.95. The van der Waals surface area contributed by atoms with Crippen molar-refractivity contribution in [3.63, 3.8) is 0 Å². The monoisotopic (exact) mass is 305 g/mol. The minimum absolute atomic E-state index is 0. The molecule has 1 fully saturated rings. The zero-order valence-electron chi connectivity index (χ0n) is 11.0. The molecule has 1 aliphatic rings. The predicted molar refractivity (Wildman–Crippen MR) is 81.2 cm³/mol. The SMILES string of the molecule is Cc1ccc(CC(=O)N[C@H]2CCCNC2)cn1.Cl.Cl. The van der Waals surface area contributed by atoms with E-state index in [2.05, 4.69) is 15.6 Å². The van der Waals surface area contributed by atoms with Crippen LogP contribution in [0.15, 0.2) is 18.3 Å². The van der Waals surface area contributed by atoms with Crippen LogP contribution in [0.2, 0.25) is 0 Å². The standard InChI is InChI=1S/C13H19N3O.2ClH/c1-10-4-5-11(8-15-10)7-13(17)16-12-3-2-6-14-9-12;;/h4-5,8,12,14H,2-3,6-7,9H2,1H3,(H,16,17);2*1H/t12-;;/m0../s1. The first-order valence-electron chi connectivity index (χ1n) is 6.15. The van der Waals surface area contributed by atoms with E-state index in [0.29, 0.717) is 6.42 Å². The molecule has 2 N–H and O–H groups in total. The summed E-state index contributed by atoms with van der Waals surface area (Å²) >= 11 is 0. The highest BCUT2D eigenvalue weighted by atomic mass is 35.5. The van der Waals surface area contributed by atoms with E-state index in [1.165, 1.54) is 0 Å². The quantitative estimate of drug-likeness (QED) is 0.893. The first kappa shape index (κ1) is 18.2. The molecule has 1 saturated heterocycles. The third-order valence-corrected chi connectivity index (χ3v) is 3.00. The topological polar surface area (TPSA) is 54.0 Å². The second-order valence-corrected chi connectivity index (χ2v) is 4.60. The lowest BCUT2D eigenvalue weighted by molar-refractivity contribution is -0.121. The molecule has 0 aromatic carbocycles. The van der Waals surface area contributed by atoms with Gasteiger partial charge in [0.05, 0.1) is 6.42 Å². The van der Waals surface area contributed by atoms with Crippen molar-refractivity contribution in [2.75, 3.05) is 13.1 Å². The normalized spacial score (nSPS) is 17.8. The maximum absolute atomic E-state index is 11.8. The fourth-order valence-corrected chi connectivity index (χ4v) is 2.04. The molecular weight excluding hydrogens is 285 g/mol. The molecule has 6 heteroatoms. The Hall–Kier alpha value is -0.840. The summed E-state index contributed by atoms with van der Waals surface area (Å²) in [6.45, 7) is 3.89. The molecule has 0 spiro atoms. The molecule has 0 unspecified atom stereocenters. The molecule has 4 nitrogen and oxygen atoms in total. The Bertz CT molecular complexity index is 378. The second kappa shape index (κ2) is 9.13. The van der Waals surface area contributed by atoms with Crippen LogP contribution in [-0.4, -0.2) is 30.0 Å². The zero-order valence-corrected chi connectivity index (χ0v) is 12.6. The van der Waals surface area contributed by atoms with Gasteiger partial charge in [-0.2, -0.15) is 0 Å². The zero-order chi connectivity index (χ0) is 12.1. The third-order valence-electron chi connectivity index (χ3n) is 3.00. The van der Waals surface area contributed by atoms with E-state index < -0.39 is 0 Å². The number of hydrogen-bond donors (Lipinski definition) is 2. The number of aromatic nitrogens is 1. The van der Waals surface area contributed by atoms with Gasteiger partial charge in [0, 0.05) is 24.5 Å². The fourth-order valence-electron chi connectivity index (χ4n) is 2.04. The molecular formula is C13H21Cl2N3O. The maximum atomic E-state index is 11.8. The van der Waals surface area contributed by atoms with Crippen LogP contribution in [0.1, 0.15) is 24.1 Å². The number of amides is 1. The summed E-state index contributed by atoms with van der Waals surface area (Å²) in [5, 5.41) is 6.34. The predicted octanol–water partition coefficient (Wildman–Crippen LogP) is 1.64. The van der Waals surface area contributed by atoms with Crippen LogP contribution in [-0.2, 0) is 11.2 Å². The summed E-state index contributed by atoms with van der Waals surface area (Å²) in [6.07, 6.45) is 4.40. The molecule has 0 aliphatic carbocycles. The first-order valence-corrected chi connectivity index (χ1v) is 6.15. The van der Waals surface area contributed by atoms with Gasteiger partial charge in [0.2, 0.25) is 5.91 Å². The van der Waals surface area contributed by atoms with Gasteiger partial charge in [-0.3, -0.25) is 9.78 Å². The summed E-state index contributed by atoms with van der Waals surface area (Å²) in [7, 11) is 0. The summed E-state index contributed by atoms with van der Waals surface area (Å²) in [5.74, 6) is 0.0874. The Morgan fingerprint density at radius 3 is 2.84 bits per heavy atom. The third kappa shape index (κ3) is 6.23. The van der Waals surface area contributed by atoms with Crippen molar-refractivity contribution >= 4 is 30.7 Å². The van der Waals surface area contributed by atoms with Gasteiger partial charge >= 0.3 is 0 Å². The van der Waals surface area contributed by atoms with Crippen molar-refractivity contribution in [2.24, 2.45) is 0 Å². The number of rotatable bonds is 3. The minimum atomic E-state index is 0. The van der Waals surface area contributed by atoms with Crippen molar-refractivity contribution in [1.29, 1.82) is 0 Å². The van der Waals surface area contributed by atoms with Crippen molar-refractivity contribution in [2.45, 2.75) is 32.2 Å². The van der Waals surface area contributed by atoms with Crippen LogP contribution < -0.4 is 10.6 Å². The van der Waals surface area contributed by atoms with Gasteiger partial charge in [0.15, 0.2) is 0 Å². The first-order chi connectivity index (χ1) is 8.24. The second-order valence-electron chi connectivity index (χ2n) is 4.60. The van der Waals surface area contributed by atoms with Gasteiger partial charge in [-0.15, -0.1) is 24.8 Å². The molecule has 108 valence electrons. The summed E-state index contributed by atoms with van der Waals surface area (Å²) in [6, 6.07) is 4.18. The number of carbonyl (C=O) groups is 1. The van der Waals surface area contributed by atoms with Crippen molar-refractivity contribution in [1.82, 2.24) is 15.6 Å². The highest BCUT2D eigenvalue weighted by Crippen LogP contribution is 2.03. The Balaban J connectivity index is 0.00000162. The number of aryl methyl sites for hydroxylation is 1. The largest absolute Gasteiger partial charge is 0.352 e. The van der Waals surface area contributed by atoms with Crippen LogP contribution in [0.5, 0.6) is 0 Å². The Labute approximate surface area is 126 Å². The molecule has 0 radical (unpaired) electrons. The molecule has 0 saturated carbocycles. The van der Waals surface area contributed by atoms with Gasteiger partial charge in [0.25, 0.3) is 0 Å². The lowest BCUT2D eigenvalue weighted by Gasteiger charge is -2.23. The Morgan fingerprint density at radius 2 is 2.26 bits per heavy atom. The number of hydrogen-bond acceptors (Lipinski definition) is 3. The Kier molecular flexibility index (Phi) is 8.72. The van der Waals surface area contributed by atoms with E-state index in [0.717, 1.165) is 37.2 Å². The number of nitrogens with zero attached hydrogens (tertiary/aromatic N) is 1. The molecule has 2 rings (SSSR count). The van der Waals surface area contributed by atoms with E-state index >= 15 is 0 Å². The van der Waals surface area contributed by atoms with Crippen molar-refractivity contribution in [3.05, 3.63) is 29.6 Å². The molecule has 0 bridgehead atoms. The van der Waals surface area contributed by atoms with Gasteiger partial charge in [0.1, 0.15) is 0 Å². The number of pyridine rings is 1. The van der Waals surface area contributed by atoms with Gasteiger partial charge in [-0.1, -0.05) is 6.07 Å². The van der Waals surface area contributed by atoms with Crippen molar-refractivity contribution < 1.29 is 4.79 Å². The Morgan fingerprint density at radius 1 is 1.47 bits per heavy atom. The molecule has 2 heterocycles. The van der Waals surface area contributed by atoms with Crippen LogP contribution in [0, 0.1) is 6.92 Å². The van der Waals surface area contributed by atoms with E-state index in [1.54, 1.807) is 6.20 Å². The fraction of sp³-hybridized carbons (Fsp3) is 0.538.